The largest absolute Gasteiger partial charge is 0.339 e. The fraction of sp³-hybridized carbons (Fsp3) is 0.500. The van der Waals surface area contributed by atoms with Gasteiger partial charge in [-0.25, -0.2) is 4.39 Å². The number of halogens is 1. The summed E-state index contributed by atoms with van der Waals surface area (Å²) in [7, 11) is 1.83. The molecule has 2 rings (SSSR count). The second-order valence-corrected chi connectivity index (χ2v) is 4.86. The summed E-state index contributed by atoms with van der Waals surface area (Å²) in [5.41, 5.74) is 1.29. The van der Waals surface area contributed by atoms with E-state index in [1.54, 1.807) is 17.9 Å². The van der Waals surface area contributed by atoms with Crippen LogP contribution in [-0.2, 0) is 0 Å². The van der Waals surface area contributed by atoms with E-state index in [9.17, 15) is 9.18 Å². The van der Waals surface area contributed by atoms with E-state index in [2.05, 4.69) is 5.32 Å². The van der Waals surface area contributed by atoms with E-state index < -0.39 is 0 Å². The Kier molecular flexibility index (Phi) is 3.97. The maximum atomic E-state index is 13.0. The maximum Gasteiger partial charge on any atom is 0.254 e. The van der Waals surface area contributed by atoms with Crippen LogP contribution in [0.2, 0.25) is 0 Å². The predicted octanol–water partition coefficient (Wildman–Crippen LogP) is 1.96. The quantitative estimate of drug-likeness (QED) is 0.870. The van der Waals surface area contributed by atoms with Crippen LogP contribution in [0.5, 0.6) is 0 Å². The molecule has 18 heavy (non-hydrogen) atoms. The minimum Gasteiger partial charge on any atom is -0.339 e. The molecule has 4 heteroatoms. The van der Waals surface area contributed by atoms with Crippen molar-refractivity contribution in [1.29, 1.82) is 0 Å². The average molecular weight is 250 g/mol. The Morgan fingerprint density at radius 3 is 2.67 bits per heavy atom. The van der Waals surface area contributed by atoms with E-state index in [0.29, 0.717) is 11.1 Å². The van der Waals surface area contributed by atoms with Gasteiger partial charge in [-0.3, -0.25) is 4.79 Å². The van der Waals surface area contributed by atoms with Crippen molar-refractivity contribution in [2.45, 2.75) is 25.8 Å². The zero-order valence-electron chi connectivity index (χ0n) is 10.9. The third-order valence-corrected chi connectivity index (χ3v) is 3.60. The van der Waals surface area contributed by atoms with Gasteiger partial charge < -0.3 is 10.2 Å². The monoisotopic (exact) mass is 250 g/mol. The highest BCUT2D eigenvalue weighted by Crippen LogP contribution is 2.17. The summed E-state index contributed by atoms with van der Waals surface area (Å²) in [5, 5.41) is 3.28. The molecular formula is C14H19FN2O. The van der Waals surface area contributed by atoms with E-state index in [4.69, 9.17) is 0 Å². The van der Waals surface area contributed by atoms with Crippen molar-refractivity contribution in [2.24, 2.45) is 0 Å². The van der Waals surface area contributed by atoms with Crippen LogP contribution in [0.15, 0.2) is 18.2 Å². The molecule has 0 aliphatic carbocycles. The highest BCUT2D eigenvalue weighted by molar-refractivity contribution is 5.95. The Morgan fingerprint density at radius 1 is 1.39 bits per heavy atom. The lowest BCUT2D eigenvalue weighted by Gasteiger charge is -2.32. The van der Waals surface area contributed by atoms with Crippen LogP contribution in [0.4, 0.5) is 4.39 Å². The first-order chi connectivity index (χ1) is 8.59. The molecule has 1 fully saturated rings. The Bertz CT molecular complexity index is 441. The average Bonchev–Trinajstić information content (AvgIpc) is 2.38. The molecule has 0 spiro atoms. The van der Waals surface area contributed by atoms with Crippen LogP contribution < -0.4 is 5.32 Å². The lowest BCUT2D eigenvalue weighted by Crippen LogP contribution is -2.44. The topological polar surface area (TPSA) is 32.3 Å². The van der Waals surface area contributed by atoms with Crippen LogP contribution in [0.1, 0.15) is 28.8 Å². The fourth-order valence-corrected chi connectivity index (χ4v) is 2.42. The van der Waals surface area contributed by atoms with Gasteiger partial charge in [0.1, 0.15) is 5.82 Å². The molecule has 0 atom stereocenters. The van der Waals surface area contributed by atoms with Crippen molar-refractivity contribution in [2.75, 3.05) is 20.1 Å². The summed E-state index contributed by atoms with van der Waals surface area (Å²) < 4.78 is 13.0. The summed E-state index contributed by atoms with van der Waals surface area (Å²) >= 11 is 0. The van der Waals surface area contributed by atoms with Gasteiger partial charge >= 0.3 is 0 Å². The summed E-state index contributed by atoms with van der Waals surface area (Å²) in [6.45, 7) is 3.67. The van der Waals surface area contributed by atoms with Gasteiger partial charge in [-0.05, 0) is 56.6 Å². The van der Waals surface area contributed by atoms with Crippen molar-refractivity contribution in [3.8, 4) is 0 Å². The van der Waals surface area contributed by atoms with Crippen LogP contribution in [0.3, 0.4) is 0 Å². The van der Waals surface area contributed by atoms with Crippen LogP contribution >= 0.6 is 0 Å². The molecule has 0 saturated carbocycles. The molecule has 1 aromatic carbocycles. The highest BCUT2D eigenvalue weighted by atomic mass is 19.1. The van der Waals surface area contributed by atoms with E-state index in [-0.39, 0.29) is 17.8 Å². The SMILES string of the molecule is Cc1cc(F)ccc1C(=O)N(C)C1CCNCC1. The van der Waals surface area contributed by atoms with Gasteiger partial charge in [0, 0.05) is 18.7 Å². The number of amides is 1. The van der Waals surface area contributed by atoms with E-state index in [0.717, 1.165) is 25.9 Å². The zero-order chi connectivity index (χ0) is 13.1. The molecule has 1 amide bonds. The van der Waals surface area contributed by atoms with Gasteiger partial charge in [0.05, 0.1) is 0 Å². The predicted molar refractivity (Wildman–Crippen MR) is 69.1 cm³/mol. The Labute approximate surface area is 107 Å². The van der Waals surface area contributed by atoms with Gasteiger partial charge in [-0.15, -0.1) is 0 Å². The molecular weight excluding hydrogens is 231 g/mol. The van der Waals surface area contributed by atoms with Crippen molar-refractivity contribution in [1.82, 2.24) is 10.2 Å². The lowest BCUT2D eigenvalue weighted by molar-refractivity contribution is 0.0702. The Morgan fingerprint density at radius 2 is 2.06 bits per heavy atom. The number of hydrogen-bond acceptors (Lipinski definition) is 2. The molecule has 0 bridgehead atoms. The van der Waals surface area contributed by atoms with Gasteiger partial charge in [-0.2, -0.15) is 0 Å². The van der Waals surface area contributed by atoms with Gasteiger partial charge in [0.2, 0.25) is 0 Å². The summed E-state index contributed by atoms with van der Waals surface area (Å²) in [6.07, 6.45) is 1.95. The number of carbonyl (C=O) groups is 1. The second kappa shape index (κ2) is 5.48. The molecule has 1 saturated heterocycles. The molecule has 1 aliphatic heterocycles. The molecule has 1 aromatic rings. The molecule has 1 aliphatic rings. The van der Waals surface area contributed by atoms with Gasteiger partial charge in [0.15, 0.2) is 0 Å². The number of aryl methyl sites for hydroxylation is 1. The maximum absolute atomic E-state index is 13.0. The lowest BCUT2D eigenvalue weighted by atomic mass is 10.0. The number of nitrogens with zero attached hydrogens (tertiary/aromatic N) is 1. The first kappa shape index (κ1) is 13.0. The fourth-order valence-electron chi connectivity index (χ4n) is 2.42. The number of piperidine rings is 1. The van der Waals surface area contributed by atoms with Crippen molar-refractivity contribution in [3.63, 3.8) is 0 Å². The van der Waals surface area contributed by atoms with E-state index >= 15 is 0 Å². The van der Waals surface area contributed by atoms with Crippen LogP contribution in [-0.4, -0.2) is 37.0 Å². The second-order valence-electron chi connectivity index (χ2n) is 4.86. The normalized spacial score (nSPS) is 16.6. The molecule has 1 N–H and O–H groups in total. The number of carbonyl (C=O) groups excluding carboxylic acids is 1. The van der Waals surface area contributed by atoms with E-state index in [1.807, 2.05) is 7.05 Å². The van der Waals surface area contributed by atoms with Crippen molar-refractivity contribution in [3.05, 3.63) is 35.1 Å². The molecule has 3 nitrogen and oxygen atoms in total. The molecule has 1 heterocycles. The van der Waals surface area contributed by atoms with Gasteiger partial charge in [-0.1, -0.05) is 0 Å². The molecule has 0 unspecified atom stereocenters. The number of nitrogens with one attached hydrogen (secondary N) is 1. The summed E-state index contributed by atoms with van der Waals surface area (Å²) in [6, 6.07) is 4.60. The summed E-state index contributed by atoms with van der Waals surface area (Å²) in [4.78, 5) is 14.2. The minimum absolute atomic E-state index is 0.0144. The number of rotatable bonds is 2. The van der Waals surface area contributed by atoms with Crippen molar-refractivity contribution < 1.29 is 9.18 Å². The number of benzene rings is 1. The smallest absolute Gasteiger partial charge is 0.254 e. The summed E-state index contributed by atoms with van der Waals surface area (Å²) in [5.74, 6) is -0.312. The first-order valence-corrected chi connectivity index (χ1v) is 6.33. The minimum atomic E-state index is -0.298. The Balaban J connectivity index is 2.14. The third-order valence-electron chi connectivity index (χ3n) is 3.60. The van der Waals surface area contributed by atoms with Crippen LogP contribution in [0.25, 0.3) is 0 Å². The zero-order valence-corrected chi connectivity index (χ0v) is 10.9. The van der Waals surface area contributed by atoms with Gasteiger partial charge in [0.25, 0.3) is 5.91 Å². The standard InChI is InChI=1S/C14H19FN2O/c1-10-9-11(15)3-4-13(10)14(18)17(2)12-5-7-16-8-6-12/h3-4,9,12,16H,5-8H2,1-2H3. The molecule has 0 aromatic heterocycles. The highest BCUT2D eigenvalue weighted by Gasteiger charge is 2.23. The van der Waals surface area contributed by atoms with Crippen molar-refractivity contribution >= 4 is 5.91 Å². The van der Waals surface area contributed by atoms with E-state index in [1.165, 1.54) is 12.1 Å². The Hall–Kier alpha value is -1.42. The third kappa shape index (κ3) is 2.70. The molecule has 98 valence electrons. The first-order valence-electron chi connectivity index (χ1n) is 6.33. The number of hydrogen-bond donors (Lipinski definition) is 1. The molecule has 0 radical (unpaired) electrons. The van der Waals surface area contributed by atoms with Crippen LogP contribution in [0, 0.1) is 12.7 Å².